The van der Waals surface area contributed by atoms with Gasteiger partial charge in [-0.25, -0.2) is 87.8 Å². The van der Waals surface area contributed by atoms with Crippen molar-refractivity contribution in [2.75, 3.05) is 0 Å². The molecule has 0 saturated carbocycles. The lowest BCUT2D eigenvalue weighted by Crippen LogP contribution is -2.81. The van der Waals surface area contributed by atoms with Crippen LogP contribution in [0.5, 0.6) is 0 Å². The fourth-order valence-corrected chi connectivity index (χ4v) is 9.73. The summed E-state index contributed by atoms with van der Waals surface area (Å²) in [5.41, 5.74) is -17.2. The van der Waals surface area contributed by atoms with E-state index in [1.165, 1.54) is 6.07 Å². The molecule has 7 aromatic carbocycles. The van der Waals surface area contributed by atoms with Crippen LogP contribution in [0.1, 0.15) is 16.7 Å². The van der Waals surface area contributed by atoms with E-state index >= 15 is 35.1 Å². The van der Waals surface area contributed by atoms with Crippen LogP contribution in [-0.4, -0.2) is 6.15 Å². The van der Waals surface area contributed by atoms with Crippen molar-refractivity contribution in [2.45, 2.75) is 33.2 Å². The zero-order chi connectivity index (χ0) is 57.4. The zero-order valence-electron chi connectivity index (χ0n) is 35.4. The molecule has 0 aliphatic carbocycles. The predicted molar refractivity (Wildman–Crippen MR) is 206 cm³/mol. The van der Waals surface area contributed by atoms with Crippen molar-refractivity contribution < 1.29 is 127 Å². The Balaban J connectivity index is 0.000000264. The first-order chi connectivity index (χ1) is 35.0. The van der Waals surface area contributed by atoms with Crippen LogP contribution in [0.4, 0.5) is 127 Å². The quantitative estimate of drug-likeness (QED) is 0.0491. The fraction of sp³-hybridized carbons (Fsp3) is 0.0667. The van der Waals surface area contributed by atoms with Gasteiger partial charge in [-0.2, -0.15) is 39.5 Å². The van der Waals surface area contributed by atoms with E-state index in [-0.39, 0.29) is 14.7 Å². The smallest absolute Gasteiger partial charge is 0.207 e. The van der Waals surface area contributed by atoms with Crippen LogP contribution in [0.15, 0.2) is 87.5 Å². The lowest BCUT2D eigenvalue weighted by Gasteiger charge is -2.44. The Bertz CT molecular complexity index is 2980. The highest BCUT2D eigenvalue weighted by Gasteiger charge is 2.52. The van der Waals surface area contributed by atoms with E-state index in [9.17, 15) is 92.2 Å². The summed E-state index contributed by atoms with van der Waals surface area (Å²) in [6.07, 6.45) is -21.1. The normalized spacial score (nSPS) is 12.4. The number of rotatable bonds is 7. The molecule has 0 spiro atoms. The van der Waals surface area contributed by atoms with Crippen molar-refractivity contribution in [2.24, 2.45) is 0 Å². The highest BCUT2D eigenvalue weighted by Crippen LogP contribution is 2.39. The molecular formula is C45H12BF29S. The highest BCUT2D eigenvalue weighted by atomic mass is 32.2. The Hall–Kier alpha value is -7.08. The zero-order valence-corrected chi connectivity index (χ0v) is 36.2. The first kappa shape index (κ1) is 58.2. The lowest BCUT2D eigenvalue weighted by atomic mass is 9.12. The van der Waals surface area contributed by atoms with Crippen LogP contribution in [-0.2, 0) is 29.4 Å². The van der Waals surface area contributed by atoms with Crippen LogP contribution in [0.25, 0.3) is 0 Å². The van der Waals surface area contributed by atoms with E-state index in [0.717, 1.165) is 66.7 Å². The van der Waals surface area contributed by atoms with Crippen LogP contribution in [0.2, 0.25) is 0 Å². The Labute approximate surface area is 404 Å². The summed E-state index contributed by atoms with van der Waals surface area (Å²) >= 11 is 0. The van der Waals surface area contributed by atoms with Crippen molar-refractivity contribution in [1.29, 1.82) is 0 Å². The number of halogens is 29. The third-order valence-corrected chi connectivity index (χ3v) is 13.2. The molecule has 0 aromatic heterocycles. The average molecular weight is 1150 g/mol. The number of hydrogen-bond acceptors (Lipinski definition) is 0. The minimum absolute atomic E-state index is 0.106. The summed E-state index contributed by atoms with van der Waals surface area (Å²) in [7, 11) is -1.36. The molecule has 0 aliphatic rings. The van der Waals surface area contributed by atoms with Gasteiger partial charge >= 0.3 is 18.5 Å². The number of alkyl halides is 9. The van der Waals surface area contributed by atoms with Crippen molar-refractivity contribution >= 4 is 38.9 Å². The molecule has 0 N–H and O–H groups in total. The minimum Gasteiger partial charge on any atom is -0.207 e. The minimum atomic E-state index is -7.22. The van der Waals surface area contributed by atoms with Gasteiger partial charge < -0.3 is 0 Å². The molecule has 31 heteroatoms. The molecule has 0 fully saturated rings. The van der Waals surface area contributed by atoms with Gasteiger partial charge in [-0.1, -0.05) is 6.07 Å². The monoisotopic (exact) mass is 1150 g/mol. The molecule has 7 rings (SSSR count). The molecule has 0 radical (unpaired) electrons. The topological polar surface area (TPSA) is 0 Å². The molecule has 0 aliphatic heterocycles. The maximum atomic E-state index is 15.4. The standard InChI is InChI=1S/C24BF20.C21H12F9S/c26-5-1(6(27)14(35)21(42)13(5)34)25(2-7(28)15(36)22(43)16(37)8(2)29,3-9(30)17(38)23(44)18(39)10(3)31)4-11(32)19(40)24(45)20(41)12(4)33;22-19(23,24)13-4-8-16(9-5-13)31(17-10-6-14(7-11-17)20(25,26)27)18-3-1-2-15(12-18)21(28,29)30/h;1-12H/q-1;+1. The molecule has 0 unspecified atom stereocenters. The molecule has 0 saturated heterocycles. The van der Waals surface area contributed by atoms with Gasteiger partial charge in [0.2, 0.25) is 0 Å². The van der Waals surface area contributed by atoms with Crippen molar-refractivity contribution in [3.63, 3.8) is 0 Å². The Morgan fingerprint density at radius 2 is 0.447 bits per heavy atom. The van der Waals surface area contributed by atoms with E-state index in [1.807, 2.05) is 0 Å². The first-order valence-electron chi connectivity index (χ1n) is 19.5. The van der Waals surface area contributed by atoms with E-state index in [0.29, 0.717) is 0 Å². The van der Waals surface area contributed by atoms with Crippen LogP contribution in [0.3, 0.4) is 0 Å². The van der Waals surface area contributed by atoms with E-state index in [1.54, 1.807) is 0 Å². The summed E-state index contributed by atoms with van der Waals surface area (Å²) in [6, 6.07) is 11.8. The second-order valence-corrected chi connectivity index (χ2v) is 17.2. The third kappa shape index (κ3) is 9.73. The first-order valence-corrected chi connectivity index (χ1v) is 20.7. The lowest BCUT2D eigenvalue weighted by molar-refractivity contribution is -0.138. The van der Waals surface area contributed by atoms with Gasteiger partial charge in [0.1, 0.15) is 52.7 Å². The second kappa shape index (κ2) is 20.5. The number of hydrogen-bond donors (Lipinski definition) is 0. The van der Waals surface area contributed by atoms with Gasteiger partial charge in [0, 0.05) is 6.07 Å². The summed E-state index contributed by atoms with van der Waals surface area (Å²) in [6.45, 7) is 0. The third-order valence-electron chi connectivity index (χ3n) is 10.9. The van der Waals surface area contributed by atoms with E-state index in [2.05, 4.69) is 0 Å². The summed E-state index contributed by atoms with van der Waals surface area (Å²) in [5, 5.41) is 0. The van der Waals surface area contributed by atoms with E-state index < -0.39 is 190 Å². The summed E-state index contributed by atoms with van der Waals surface area (Å²) in [4.78, 5) is 0.563. The van der Waals surface area contributed by atoms with Gasteiger partial charge in [0.15, 0.2) is 84.5 Å². The molecule has 0 heterocycles. The van der Waals surface area contributed by atoms with Gasteiger partial charge in [0.25, 0.3) is 0 Å². The highest BCUT2D eigenvalue weighted by molar-refractivity contribution is 7.97. The van der Waals surface area contributed by atoms with Gasteiger partial charge in [0.05, 0.1) is 27.6 Å². The van der Waals surface area contributed by atoms with Gasteiger partial charge in [-0.05, 0) is 60.7 Å². The molecule has 0 bridgehead atoms. The Morgan fingerprint density at radius 3 is 0.658 bits per heavy atom. The number of benzene rings is 7. The average Bonchev–Trinajstić information content (AvgIpc) is 3.36. The maximum Gasteiger partial charge on any atom is 0.416 e. The molecule has 0 amide bonds. The molecule has 404 valence electrons. The summed E-state index contributed by atoms with van der Waals surface area (Å²) < 4.78 is 411. The molecule has 76 heavy (non-hydrogen) atoms. The Morgan fingerprint density at radius 1 is 0.237 bits per heavy atom. The van der Waals surface area contributed by atoms with Crippen molar-refractivity contribution in [3.05, 3.63) is 206 Å². The van der Waals surface area contributed by atoms with Gasteiger partial charge in [-0.3, -0.25) is 0 Å². The van der Waals surface area contributed by atoms with E-state index in [4.69, 9.17) is 0 Å². The SMILES string of the molecule is FC(F)(F)c1ccc([S+](c2ccc(C(F)(F)F)cc2)c2cccc(C(F)(F)F)c2)cc1.Fc1c(F)c(F)c([B-](c2c(F)c(F)c(F)c(F)c2F)(c2c(F)c(F)c(F)c(F)c2F)c2c(F)c(F)c(F)c(F)c2F)c(F)c1F. The summed E-state index contributed by atoms with van der Waals surface area (Å²) in [5.74, 6) is -71.4. The molecule has 0 nitrogen and oxygen atoms in total. The largest absolute Gasteiger partial charge is 0.416 e. The predicted octanol–water partition coefficient (Wildman–Crippen LogP) is 13.7. The van der Waals surface area contributed by atoms with Crippen molar-refractivity contribution in [3.8, 4) is 0 Å². The molecular weight excluding hydrogens is 1130 g/mol. The van der Waals surface area contributed by atoms with Crippen LogP contribution >= 0.6 is 0 Å². The van der Waals surface area contributed by atoms with Gasteiger partial charge in [-0.15, -0.1) is 21.9 Å². The molecule has 0 atom stereocenters. The molecule has 7 aromatic rings. The van der Waals surface area contributed by atoms with Crippen molar-refractivity contribution in [1.82, 2.24) is 0 Å². The second-order valence-electron chi connectivity index (χ2n) is 15.2. The maximum absolute atomic E-state index is 15.4. The Kier molecular flexibility index (Phi) is 15.7. The van der Waals surface area contributed by atoms with Crippen LogP contribution in [0, 0.1) is 116 Å². The fourth-order valence-electron chi connectivity index (χ4n) is 7.64. The van der Waals surface area contributed by atoms with Crippen LogP contribution < -0.4 is 21.9 Å².